The molecule has 21 heavy (non-hydrogen) atoms. The summed E-state index contributed by atoms with van der Waals surface area (Å²) in [6, 6.07) is 14.3. The smallest absolute Gasteiger partial charge is 0.264 e. The second kappa shape index (κ2) is 6.50. The van der Waals surface area contributed by atoms with E-state index in [0.717, 1.165) is 5.56 Å². The van der Waals surface area contributed by atoms with Gasteiger partial charge in [0, 0.05) is 12.4 Å². The van der Waals surface area contributed by atoms with E-state index >= 15 is 0 Å². The monoisotopic (exact) mass is 323 g/mol. The predicted octanol–water partition coefficient (Wildman–Crippen LogP) is 3.95. The zero-order valence-corrected chi connectivity index (χ0v) is 13.7. The molecule has 0 fully saturated rings. The van der Waals surface area contributed by atoms with Crippen LogP contribution in [0.2, 0.25) is 0 Å². The van der Waals surface area contributed by atoms with Crippen molar-refractivity contribution >= 4 is 27.3 Å². The molecule has 2 aromatic rings. The number of halogens is 1. The third-order valence-corrected chi connectivity index (χ3v) is 5.63. The normalized spacial score (nSPS) is 11.4. The van der Waals surface area contributed by atoms with E-state index in [-0.39, 0.29) is 10.8 Å². The Kier molecular flexibility index (Phi) is 4.91. The SMILES string of the molecule is CCN(c1ccccc1C)S(=O)(=O)c1ccccc1CCl. The molecular formula is C16H18ClNO2S. The minimum Gasteiger partial charge on any atom is -0.266 e. The number of benzene rings is 2. The van der Waals surface area contributed by atoms with E-state index < -0.39 is 10.0 Å². The highest BCUT2D eigenvalue weighted by atomic mass is 35.5. The molecule has 0 aromatic heterocycles. The second-order valence-corrected chi connectivity index (χ2v) is 6.80. The molecule has 0 atom stereocenters. The van der Waals surface area contributed by atoms with Crippen LogP contribution in [0.1, 0.15) is 18.1 Å². The van der Waals surface area contributed by atoms with Gasteiger partial charge < -0.3 is 0 Å². The lowest BCUT2D eigenvalue weighted by atomic mass is 10.2. The molecule has 2 rings (SSSR count). The van der Waals surface area contributed by atoms with Gasteiger partial charge in [-0.25, -0.2) is 8.42 Å². The quantitative estimate of drug-likeness (QED) is 0.781. The van der Waals surface area contributed by atoms with Crippen LogP contribution in [-0.4, -0.2) is 15.0 Å². The summed E-state index contributed by atoms with van der Waals surface area (Å²) in [5.41, 5.74) is 2.24. The first-order valence-electron chi connectivity index (χ1n) is 6.74. The molecule has 0 aliphatic rings. The van der Waals surface area contributed by atoms with Crippen LogP contribution < -0.4 is 4.31 Å². The number of alkyl halides is 1. The van der Waals surface area contributed by atoms with E-state index in [1.165, 1.54) is 4.31 Å². The van der Waals surface area contributed by atoms with Crippen molar-refractivity contribution in [1.82, 2.24) is 0 Å². The van der Waals surface area contributed by atoms with Gasteiger partial charge in [0.15, 0.2) is 0 Å². The van der Waals surface area contributed by atoms with E-state index in [9.17, 15) is 8.42 Å². The van der Waals surface area contributed by atoms with Gasteiger partial charge in [0.05, 0.1) is 10.6 Å². The average molecular weight is 324 g/mol. The maximum absolute atomic E-state index is 13.0. The molecule has 5 heteroatoms. The van der Waals surface area contributed by atoms with Gasteiger partial charge in [-0.15, -0.1) is 11.6 Å². The molecule has 0 N–H and O–H groups in total. The Labute approximate surface area is 131 Å². The van der Waals surface area contributed by atoms with Gasteiger partial charge >= 0.3 is 0 Å². The number of rotatable bonds is 5. The Balaban J connectivity index is 2.58. The van der Waals surface area contributed by atoms with E-state index in [0.29, 0.717) is 17.8 Å². The Bertz CT molecular complexity index is 729. The highest BCUT2D eigenvalue weighted by molar-refractivity contribution is 7.92. The minimum atomic E-state index is -3.62. The maximum atomic E-state index is 13.0. The molecule has 0 heterocycles. The summed E-state index contributed by atoms with van der Waals surface area (Å²) >= 11 is 5.88. The first-order chi connectivity index (χ1) is 10.0. The molecule has 0 spiro atoms. The van der Waals surface area contributed by atoms with Crippen LogP contribution in [0.15, 0.2) is 53.4 Å². The van der Waals surface area contributed by atoms with Gasteiger partial charge in [-0.05, 0) is 37.1 Å². The van der Waals surface area contributed by atoms with Crippen molar-refractivity contribution in [2.24, 2.45) is 0 Å². The lowest BCUT2D eigenvalue weighted by Crippen LogP contribution is -2.32. The third kappa shape index (κ3) is 3.06. The van der Waals surface area contributed by atoms with Crippen LogP contribution >= 0.6 is 11.6 Å². The van der Waals surface area contributed by atoms with Gasteiger partial charge in [0.2, 0.25) is 0 Å². The van der Waals surface area contributed by atoms with Crippen molar-refractivity contribution in [3.63, 3.8) is 0 Å². The third-order valence-electron chi connectivity index (χ3n) is 3.36. The summed E-state index contributed by atoms with van der Waals surface area (Å²) in [6.45, 7) is 4.10. The number of nitrogens with zero attached hydrogens (tertiary/aromatic N) is 1. The summed E-state index contributed by atoms with van der Waals surface area (Å²) in [5, 5.41) is 0. The molecule has 0 unspecified atom stereocenters. The highest BCUT2D eigenvalue weighted by Crippen LogP contribution is 2.28. The van der Waals surface area contributed by atoms with Crippen LogP contribution in [0.25, 0.3) is 0 Å². The Morgan fingerprint density at radius 2 is 1.67 bits per heavy atom. The van der Waals surface area contributed by atoms with Gasteiger partial charge in [-0.3, -0.25) is 4.31 Å². The first kappa shape index (κ1) is 15.9. The second-order valence-electron chi connectivity index (χ2n) is 4.70. The van der Waals surface area contributed by atoms with Crippen molar-refractivity contribution in [3.8, 4) is 0 Å². The van der Waals surface area contributed by atoms with Gasteiger partial charge in [0.25, 0.3) is 10.0 Å². The summed E-state index contributed by atoms with van der Waals surface area (Å²) < 4.78 is 27.4. The predicted molar refractivity (Wildman–Crippen MR) is 87.4 cm³/mol. The van der Waals surface area contributed by atoms with Crippen molar-refractivity contribution in [2.45, 2.75) is 24.6 Å². The van der Waals surface area contributed by atoms with Crippen LogP contribution in [0.5, 0.6) is 0 Å². The largest absolute Gasteiger partial charge is 0.266 e. The number of hydrogen-bond acceptors (Lipinski definition) is 2. The Morgan fingerprint density at radius 1 is 1.05 bits per heavy atom. The highest BCUT2D eigenvalue weighted by Gasteiger charge is 2.26. The molecule has 0 bridgehead atoms. The molecule has 0 amide bonds. The minimum absolute atomic E-state index is 0.167. The molecular weight excluding hydrogens is 306 g/mol. The molecule has 112 valence electrons. The molecule has 0 aliphatic heterocycles. The number of sulfonamides is 1. The molecule has 2 aromatic carbocycles. The lowest BCUT2D eigenvalue weighted by molar-refractivity contribution is 0.591. The molecule has 0 saturated heterocycles. The van der Waals surface area contributed by atoms with E-state index in [2.05, 4.69) is 0 Å². The molecule has 0 saturated carbocycles. The topological polar surface area (TPSA) is 37.4 Å². The van der Waals surface area contributed by atoms with Crippen molar-refractivity contribution in [1.29, 1.82) is 0 Å². The van der Waals surface area contributed by atoms with Crippen LogP contribution in [0.3, 0.4) is 0 Å². The number of anilines is 1. The zero-order valence-electron chi connectivity index (χ0n) is 12.1. The summed E-state index contributed by atoms with van der Waals surface area (Å²) in [6.07, 6.45) is 0. The molecule has 3 nitrogen and oxygen atoms in total. The summed E-state index contributed by atoms with van der Waals surface area (Å²) in [4.78, 5) is 0.269. The van der Waals surface area contributed by atoms with Crippen LogP contribution in [-0.2, 0) is 15.9 Å². The number of hydrogen-bond donors (Lipinski definition) is 0. The number of para-hydroxylation sites is 1. The zero-order chi connectivity index (χ0) is 15.5. The molecule has 0 radical (unpaired) electrons. The Hall–Kier alpha value is -1.52. The van der Waals surface area contributed by atoms with Crippen molar-refractivity contribution in [3.05, 3.63) is 59.7 Å². The van der Waals surface area contributed by atoms with Crippen LogP contribution in [0, 0.1) is 6.92 Å². The fraction of sp³-hybridized carbons (Fsp3) is 0.250. The lowest BCUT2D eigenvalue weighted by Gasteiger charge is -2.25. The summed E-state index contributed by atoms with van der Waals surface area (Å²) in [7, 11) is -3.62. The molecule has 0 aliphatic carbocycles. The van der Waals surface area contributed by atoms with Gasteiger partial charge in [-0.2, -0.15) is 0 Å². The fourth-order valence-electron chi connectivity index (χ4n) is 2.30. The number of aryl methyl sites for hydroxylation is 1. The van der Waals surface area contributed by atoms with Crippen molar-refractivity contribution in [2.75, 3.05) is 10.8 Å². The first-order valence-corrected chi connectivity index (χ1v) is 8.72. The van der Waals surface area contributed by atoms with E-state index in [4.69, 9.17) is 11.6 Å². The maximum Gasteiger partial charge on any atom is 0.264 e. The fourth-order valence-corrected chi connectivity index (χ4v) is 4.37. The standard InChI is InChI=1S/C16H18ClNO2S/c1-3-18(15-10-6-4-8-13(15)2)21(19,20)16-11-7-5-9-14(16)12-17/h4-11H,3,12H2,1-2H3. The van der Waals surface area contributed by atoms with Crippen molar-refractivity contribution < 1.29 is 8.42 Å². The Morgan fingerprint density at radius 3 is 2.29 bits per heavy atom. The van der Waals surface area contributed by atoms with E-state index in [1.54, 1.807) is 24.3 Å². The van der Waals surface area contributed by atoms with Gasteiger partial charge in [0.1, 0.15) is 0 Å². The van der Waals surface area contributed by atoms with Crippen LogP contribution in [0.4, 0.5) is 5.69 Å². The average Bonchev–Trinajstić information content (AvgIpc) is 2.49. The summed E-state index contributed by atoms with van der Waals surface area (Å²) in [5.74, 6) is 0.167. The van der Waals surface area contributed by atoms with Gasteiger partial charge in [-0.1, -0.05) is 36.4 Å². The van der Waals surface area contributed by atoms with E-state index in [1.807, 2.05) is 38.1 Å².